The van der Waals surface area contributed by atoms with Crippen LogP contribution in [-0.4, -0.2) is 37.8 Å². The zero-order chi connectivity index (χ0) is 22.8. The van der Waals surface area contributed by atoms with Crippen molar-refractivity contribution < 1.29 is 4.79 Å². The SMILES string of the molecule is CN(C(=O)CSc1nc(C2CCCCC2)nc2c1c(=O)n(C)c(=O)n2C)c1ccccc1. The van der Waals surface area contributed by atoms with E-state index < -0.39 is 11.2 Å². The van der Waals surface area contributed by atoms with Gasteiger partial charge in [-0.15, -0.1) is 0 Å². The lowest BCUT2D eigenvalue weighted by Crippen LogP contribution is -2.38. The maximum Gasteiger partial charge on any atom is 0.332 e. The smallest absolute Gasteiger partial charge is 0.315 e. The number of aryl methyl sites for hydroxylation is 1. The van der Waals surface area contributed by atoms with Crippen LogP contribution in [0.15, 0.2) is 44.9 Å². The lowest BCUT2D eigenvalue weighted by molar-refractivity contribution is -0.115. The van der Waals surface area contributed by atoms with E-state index in [4.69, 9.17) is 4.98 Å². The van der Waals surface area contributed by atoms with Gasteiger partial charge in [-0.05, 0) is 25.0 Å². The van der Waals surface area contributed by atoms with E-state index in [1.54, 1.807) is 19.0 Å². The zero-order valence-corrected chi connectivity index (χ0v) is 19.4. The third-order valence-corrected chi connectivity index (χ3v) is 7.06. The number of hydrogen-bond acceptors (Lipinski definition) is 6. The minimum Gasteiger partial charge on any atom is -0.315 e. The molecule has 9 heteroatoms. The number of aromatic nitrogens is 4. The molecular formula is C23H27N5O3S. The maximum absolute atomic E-state index is 13.0. The summed E-state index contributed by atoms with van der Waals surface area (Å²) in [6.45, 7) is 0. The summed E-state index contributed by atoms with van der Waals surface area (Å²) < 4.78 is 2.46. The minimum absolute atomic E-state index is 0.103. The summed E-state index contributed by atoms with van der Waals surface area (Å²) in [5.41, 5.74) is 0.267. The van der Waals surface area contributed by atoms with Crippen molar-refractivity contribution in [1.29, 1.82) is 0 Å². The Bertz CT molecular complexity index is 1260. The van der Waals surface area contributed by atoms with E-state index >= 15 is 0 Å². The second-order valence-electron chi connectivity index (χ2n) is 8.20. The van der Waals surface area contributed by atoms with Crippen LogP contribution in [0, 0.1) is 0 Å². The molecule has 8 nitrogen and oxygen atoms in total. The molecule has 3 aromatic rings. The number of rotatable bonds is 5. The predicted octanol–water partition coefficient (Wildman–Crippen LogP) is 2.83. The number of fused-ring (bicyclic) bond motifs is 1. The number of nitrogens with zero attached hydrogens (tertiary/aromatic N) is 5. The summed E-state index contributed by atoms with van der Waals surface area (Å²) in [6.07, 6.45) is 5.41. The van der Waals surface area contributed by atoms with Crippen molar-refractivity contribution in [2.75, 3.05) is 17.7 Å². The maximum atomic E-state index is 13.0. The van der Waals surface area contributed by atoms with Crippen LogP contribution in [0.4, 0.5) is 5.69 Å². The van der Waals surface area contributed by atoms with Gasteiger partial charge in [0, 0.05) is 32.7 Å². The van der Waals surface area contributed by atoms with Gasteiger partial charge >= 0.3 is 5.69 Å². The van der Waals surface area contributed by atoms with E-state index in [2.05, 4.69) is 4.98 Å². The van der Waals surface area contributed by atoms with Crippen molar-refractivity contribution in [3.8, 4) is 0 Å². The molecule has 0 aliphatic heterocycles. The molecule has 1 fully saturated rings. The van der Waals surface area contributed by atoms with Crippen molar-refractivity contribution in [1.82, 2.24) is 19.1 Å². The highest BCUT2D eigenvalue weighted by atomic mass is 32.2. The van der Waals surface area contributed by atoms with Crippen molar-refractivity contribution in [2.45, 2.75) is 43.0 Å². The number of thioether (sulfide) groups is 1. The molecule has 0 saturated heterocycles. The molecule has 2 aromatic heterocycles. The van der Waals surface area contributed by atoms with Gasteiger partial charge in [-0.2, -0.15) is 0 Å². The number of anilines is 1. The highest BCUT2D eigenvalue weighted by Gasteiger charge is 2.24. The van der Waals surface area contributed by atoms with Gasteiger partial charge in [0.15, 0.2) is 5.65 Å². The van der Waals surface area contributed by atoms with Crippen LogP contribution in [0.25, 0.3) is 11.0 Å². The number of carbonyl (C=O) groups is 1. The summed E-state index contributed by atoms with van der Waals surface area (Å²) in [4.78, 5) is 49.3. The molecule has 1 aliphatic carbocycles. The summed E-state index contributed by atoms with van der Waals surface area (Å²) in [7, 11) is 4.79. The van der Waals surface area contributed by atoms with Crippen LogP contribution in [0.1, 0.15) is 43.8 Å². The van der Waals surface area contributed by atoms with Crippen LogP contribution in [-0.2, 0) is 18.9 Å². The fourth-order valence-corrected chi connectivity index (χ4v) is 5.05. The Morgan fingerprint density at radius 3 is 2.44 bits per heavy atom. The van der Waals surface area contributed by atoms with Gasteiger partial charge in [0.05, 0.1) is 5.75 Å². The van der Waals surface area contributed by atoms with Crippen LogP contribution >= 0.6 is 11.8 Å². The van der Waals surface area contributed by atoms with Crippen LogP contribution in [0.5, 0.6) is 0 Å². The number of amides is 1. The first kappa shape index (κ1) is 22.3. The molecule has 168 valence electrons. The van der Waals surface area contributed by atoms with Gasteiger partial charge in [0.25, 0.3) is 5.56 Å². The lowest BCUT2D eigenvalue weighted by Gasteiger charge is -2.22. The van der Waals surface area contributed by atoms with Crippen LogP contribution < -0.4 is 16.1 Å². The van der Waals surface area contributed by atoms with Crippen molar-refractivity contribution in [3.63, 3.8) is 0 Å². The molecule has 2 heterocycles. The molecule has 1 amide bonds. The third-order valence-electron chi connectivity index (χ3n) is 6.10. The van der Waals surface area contributed by atoms with E-state index in [9.17, 15) is 14.4 Å². The van der Waals surface area contributed by atoms with Crippen molar-refractivity contribution in [3.05, 3.63) is 57.0 Å². The van der Waals surface area contributed by atoms with Gasteiger partial charge in [0.1, 0.15) is 16.2 Å². The molecule has 32 heavy (non-hydrogen) atoms. The second kappa shape index (κ2) is 9.28. The van der Waals surface area contributed by atoms with E-state index in [0.717, 1.165) is 35.9 Å². The second-order valence-corrected chi connectivity index (χ2v) is 9.17. The van der Waals surface area contributed by atoms with Crippen molar-refractivity contribution in [2.24, 2.45) is 14.1 Å². The molecule has 0 spiro atoms. The highest BCUT2D eigenvalue weighted by molar-refractivity contribution is 8.00. The standard InChI is InChI=1S/C23H27N5O3S/c1-26(16-12-8-5-9-13-16)17(29)14-32-21-18-20(27(2)23(31)28(3)22(18)30)24-19(25-21)15-10-6-4-7-11-15/h5,8-9,12-13,15H,4,6-7,10-11,14H2,1-3H3. The Hall–Kier alpha value is -2.94. The summed E-state index contributed by atoms with van der Waals surface area (Å²) >= 11 is 1.23. The number of carbonyl (C=O) groups excluding carboxylic acids is 1. The van der Waals surface area contributed by atoms with Crippen LogP contribution in [0.3, 0.4) is 0 Å². The first-order chi connectivity index (χ1) is 15.4. The molecule has 0 atom stereocenters. The summed E-state index contributed by atoms with van der Waals surface area (Å²) in [5.74, 6) is 0.878. The largest absolute Gasteiger partial charge is 0.332 e. The minimum atomic E-state index is -0.440. The van der Waals surface area contributed by atoms with Crippen LogP contribution in [0.2, 0.25) is 0 Å². The Labute approximate surface area is 190 Å². The van der Waals surface area contributed by atoms with Gasteiger partial charge in [-0.25, -0.2) is 14.8 Å². The van der Waals surface area contributed by atoms with E-state index in [1.807, 2.05) is 30.3 Å². The summed E-state index contributed by atoms with van der Waals surface area (Å²) in [6, 6.07) is 9.40. The molecule has 0 radical (unpaired) electrons. The normalized spacial score (nSPS) is 14.6. The van der Waals surface area contributed by atoms with E-state index in [-0.39, 0.29) is 23.0 Å². The van der Waals surface area contributed by atoms with Gasteiger partial charge in [-0.1, -0.05) is 49.2 Å². The third kappa shape index (κ3) is 4.21. The number of para-hydroxylation sites is 1. The Morgan fingerprint density at radius 2 is 1.75 bits per heavy atom. The van der Waals surface area contributed by atoms with Gasteiger partial charge in [0.2, 0.25) is 5.91 Å². The molecule has 1 saturated carbocycles. The first-order valence-electron chi connectivity index (χ1n) is 10.8. The Morgan fingerprint density at radius 1 is 1.06 bits per heavy atom. The molecule has 0 unspecified atom stereocenters. The number of hydrogen-bond donors (Lipinski definition) is 0. The molecular weight excluding hydrogens is 426 g/mol. The zero-order valence-electron chi connectivity index (χ0n) is 18.6. The first-order valence-corrected chi connectivity index (χ1v) is 11.8. The molecule has 1 aromatic carbocycles. The number of benzene rings is 1. The van der Waals surface area contributed by atoms with Gasteiger partial charge in [-0.3, -0.25) is 18.7 Å². The predicted molar refractivity (Wildman–Crippen MR) is 126 cm³/mol. The summed E-state index contributed by atoms with van der Waals surface area (Å²) in [5, 5.41) is 0.746. The van der Waals surface area contributed by atoms with Gasteiger partial charge < -0.3 is 4.90 Å². The topological polar surface area (TPSA) is 90.1 Å². The molecule has 1 aliphatic rings. The highest BCUT2D eigenvalue weighted by Crippen LogP contribution is 2.33. The molecule has 4 rings (SSSR count). The average Bonchev–Trinajstić information content (AvgIpc) is 2.84. The van der Waals surface area contributed by atoms with E-state index in [0.29, 0.717) is 16.5 Å². The monoisotopic (exact) mass is 453 g/mol. The Balaban J connectivity index is 1.74. The molecule has 0 bridgehead atoms. The quantitative estimate of drug-likeness (QED) is 0.436. The fraction of sp³-hybridized carbons (Fsp3) is 0.435. The van der Waals surface area contributed by atoms with Crippen molar-refractivity contribution >= 4 is 34.4 Å². The lowest BCUT2D eigenvalue weighted by atomic mass is 9.89. The fourth-order valence-electron chi connectivity index (χ4n) is 4.12. The molecule has 0 N–H and O–H groups in total. The average molecular weight is 454 g/mol. The Kier molecular flexibility index (Phi) is 6.45. The van der Waals surface area contributed by atoms with E-state index in [1.165, 1.54) is 29.8 Å².